The first-order valence-electron chi connectivity index (χ1n) is 23.7. The highest BCUT2D eigenvalue weighted by Crippen LogP contribution is 2.49. The molecule has 1 rings (SSSR count). The minimum absolute atomic E-state index is 0.00395. The lowest BCUT2D eigenvalue weighted by atomic mass is 9.85. The summed E-state index contributed by atoms with van der Waals surface area (Å²) >= 11 is 0. The third-order valence-corrected chi connectivity index (χ3v) is 12.4. The average Bonchev–Trinajstić information content (AvgIpc) is 3.25. The number of aliphatic hydroxyl groups is 6. The van der Waals surface area contributed by atoms with Gasteiger partial charge in [-0.2, -0.15) is 0 Å². The van der Waals surface area contributed by atoms with Gasteiger partial charge in [0, 0.05) is 12.8 Å². The van der Waals surface area contributed by atoms with E-state index in [0.29, 0.717) is 38.5 Å². The van der Waals surface area contributed by atoms with Crippen LogP contribution in [0.5, 0.6) is 0 Å². The quantitative estimate of drug-likeness (QED) is 0.0134. The van der Waals surface area contributed by atoms with Crippen molar-refractivity contribution in [1.29, 1.82) is 0 Å². The minimum Gasteiger partial charge on any atom is -0.462 e. The number of hydrogen-bond acceptors (Lipinski definition) is 15. The maximum absolute atomic E-state index is 13.0. The first-order valence-corrected chi connectivity index (χ1v) is 26.7. The van der Waals surface area contributed by atoms with Crippen LogP contribution < -0.4 is 0 Å². The molecule has 0 radical (unpaired) electrons. The summed E-state index contributed by atoms with van der Waals surface area (Å²) in [5.41, 5.74) is 0. The van der Waals surface area contributed by atoms with Crippen molar-refractivity contribution < 1.29 is 87.1 Å². The third-order valence-electron chi connectivity index (χ3n) is 10.9. The number of carbonyl (C=O) groups excluding carboxylic acids is 2. The van der Waals surface area contributed by atoms with Crippen molar-refractivity contribution in [1.82, 2.24) is 0 Å². The summed E-state index contributed by atoms with van der Waals surface area (Å²) in [5, 5.41) is 61.7. The second kappa shape index (κ2) is 36.2. The number of carbonyl (C=O) groups is 2. The molecule has 0 aliphatic heterocycles. The molecule has 9 N–H and O–H groups in total. The second-order valence-corrected chi connectivity index (χ2v) is 19.4. The van der Waals surface area contributed by atoms with Gasteiger partial charge in [0.05, 0.1) is 18.8 Å². The Hall–Kier alpha value is -1.86. The number of unbranched alkanes of at least 4 members (excludes halogenated alkanes) is 15. The molecule has 0 heterocycles. The van der Waals surface area contributed by atoms with Gasteiger partial charge in [0.1, 0.15) is 43.2 Å². The molecule has 0 aromatic rings. The van der Waals surface area contributed by atoms with E-state index in [1.54, 1.807) is 0 Å². The largest absolute Gasteiger partial charge is 0.472 e. The monoisotopic (exact) mass is 972 g/mol. The number of phosphoric acid groups is 2. The predicted molar refractivity (Wildman–Crippen MR) is 244 cm³/mol. The number of esters is 2. The summed E-state index contributed by atoms with van der Waals surface area (Å²) in [6.07, 6.45) is 15.4. The molecule has 10 atom stereocenters. The fraction of sp³-hybridized carbons (Fsp3) is 0.822. The summed E-state index contributed by atoms with van der Waals surface area (Å²) in [4.78, 5) is 54.3. The summed E-state index contributed by atoms with van der Waals surface area (Å²) in [6, 6.07) is 0. The summed E-state index contributed by atoms with van der Waals surface area (Å²) < 4.78 is 49.2. The van der Waals surface area contributed by atoms with Crippen molar-refractivity contribution in [3.8, 4) is 0 Å². The van der Waals surface area contributed by atoms with E-state index in [1.165, 1.54) is 19.3 Å². The van der Waals surface area contributed by atoms with Crippen LogP contribution in [0.15, 0.2) is 36.5 Å². The van der Waals surface area contributed by atoms with Crippen molar-refractivity contribution in [3.63, 3.8) is 0 Å². The average molecular weight is 973 g/mol. The molecule has 65 heavy (non-hydrogen) atoms. The number of phosphoric ester groups is 2. The Morgan fingerprint density at radius 1 is 0.554 bits per heavy atom. The lowest BCUT2D eigenvalue weighted by Crippen LogP contribution is -2.64. The fourth-order valence-corrected chi connectivity index (χ4v) is 8.56. The Kier molecular flexibility index (Phi) is 34.0. The zero-order chi connectivity index (χ0) is 48.5. The molecule has 0 amide bonds. The SMILES string of the molecule is CCCCC/C=C\C/C=C\CCCCCCCC(=O)O[C@H](COC(=O)CCCCCCC[C@@H](O)[C@H](O)C/C=C\CCCCC)COP(=O)(O)O[C@H]1C(O)C(O)C(O)[C@@H](OP(=O)(O)O)C1O. The Morgan fingerprint density at radius 3 is 1.62 bits per heavy atom. The van der Waals surface area contributed by atoms with Gasteiger partial charge in [-0.05, 0) is 70.6 Å². The number of allylic oxidation sites excluding steroid dienone is 5. The molecule has 18 nitrogen and oxygen atoms in total. The smallest absolute Gasteiger partial charge is 0.462 e. The van der Waals surface area contributed by atoms with Crippen LogP contribution in [-0.4, -0.2) is 125 Å². The normalized spacial score (nSPS) is 22.9. The number of aliphatic hydroxyl groups excluding tert-OH is 6. The summed E-state index contributed by atoms with van der Waals surface area (Å²) in [6.45, 7) is 2.87. The standard InChI is InChI=1S/C45H82O18P2/c1-3-5-7-9-11-12-13-14-15-16-17-18-19-23-28-32-39(49)61-35(34-60-65(57,58)63-45-42(52)40(50)41(51)44(43(45)53)62-64(54,55)56)33-59-38(48)31-27-24-20-22-26-30-37(47)36(46)29-25-21-10-8-6-4-2/h11-12,14-15,21,25,35-37,40-47,50-53H,3-10,13,16-20,22-24,26-34H2,1-2H3,(H,57,58)(H2,54,55,56)/b12-11-,15-14-,25-21-/t35-,36-,37-,40?,41?,42?,43?,44-,45+/m1/s1. The Bertz CT molecular complexity index is 1440. The van der Waals surface area contributed by atoms with E-state index in [9.17, 15) is 54.3 Å². The zero-order valence-electron chi connectivity index (χ0n) is 38.6. The van der Waals surface area contributed by atoms with Gasteiger partial charge in [-0.3, -0.25) is 23.2 Å². The van der Waals surface area contributed by atoms with Gasteiger partial charge in [-0.15, -0.1) is 0 Å². The number of rotatable bonds is 39. The lowest BCUT2D eigenvalue weighted by Gasteiger charge is -2.43. The Labute approximate surface area is 386 Å². The van der Waals surface area contributed by atoms with E-state index in [1.807, 2.05) is 12.2 Å². The van der Waals surface area contributed by atoms with Gasteiger partial charge in [0.2, 0.25) is 0 Å². The first-order chi connectivity index (χ1) is 30.9. The van der Waals surface area contributed by atoms with E-state index < -0.39 is 95.7 Å². The number of ether oxygens (including phenoxy) is 2. The molecular formula is C45H82O18P2. The molecule has 380 valence electrons. The van der Waals surface area contributed by atoms with Gasteiger partial charge < -0.3 is 54.8 Å². The van der Waals surface area contributed by atoms with Crippen LogP contribution in [0.1, 0.15) is 168 Å². The summed E-state index contributed by atoms with van der Waals surface area (Å²) in [5.74, 6) is -1.33. The van der Waals surface area contributed by atoms with Crippen molar-refractivity contribution in [2.75, 3.05) is 13.2 Å². The molecule has 1 saturated carbocycles. The van der Waals surface area contributed by atoms with Crippen molar-refractivity contribution in [3.05, 3.63) is 36.5 Å². The van der Waals surface area contributed by atoms with Crippen LogP contribution in [-0.2, 0) is 41.8 Å². The van der Waals surface area contributed by atoms with E-state index >= 15 is 0 Å². The zero-order valence-corrected chi connectivity index (χ0v) is 40.4. The molecule has 5 unspecified atom stereocenters. The maximum Gasteiger partial charge on any atom is 0.472 e. The van der Waals surface area contributed by atoms with E-state index in [2.05, 4.69) is 42.7 Å². The molecule has 1 fully saturated rings. The van der Waals surface area contributed by atoms with Crippen molar-refractivity contribution in [2.45, 2.75) is 223 Å². The minimum atomic E-state index is -5.38. The highest BCUT2D eigenvalue weighted by atomic mass is 31.2. The first kappa shape index (κ1) is 61.2. The molecule has 20 heteroatoms. The van der Waals surface area contributed by atoms with Gasteiger partial charge in [-0.25, -0.2) is 9.13 Å². The predicted octanol–water partition coefficient (Wildman–Crippen LogP) is 6.67. The Morgan fingerprint density at radius 2 is 1.05 bits per heavy atom. The van der Waals surface area contributed by atoms with Gasteiger partial charge in [0.25, 0.3) is 0 Å². The van der Waals surface area contributed by atoms with Crippen LogP contribution in [0.2, 0.25) is 0 Å². The number of hydrogen-bond donors (Lipinski definition) is 9. The van der Waals surface area contributed by atoms with Crippen LogP contribution in [0.4, 0.5) is 0 Å². The fourth-order valence-electron chi connectivity index (χ4n) is 7.02. The molecule has 0 spiro atoms. The van der Waals surface area contributed by atoms with Gasteiger partial charge >= 0.3 is 27.6 Å². The van der Waals surface area contributed by atoms with Gasteiger partial charge in [-0.1, -0.05) is 121 Å². The topological polar surface area (TPSA) is 296 Å². The molecule has 1 aliphatic rings. The van der Waals surface area contributed by atoms with Crippen molar-refractivity contribution in [2.24, 2.45) is 0 Å². The van der Waals surface area contributed by atoms with Crippen LogP contribution in [0.25, 0.3) is 0 Å². The van der Waals surface area contributed by atoms with Crippen LogP contribution in [0.3, 0.4) is 0 Å². The molecule has 0 aromatic carbocycles. The lowest BCUT2D eigenvalue weighted by molar-refractivity contribution is -0.216. The van der Waals surface area contributed by atoms with Crippen LogP contribution >= 0.6 is 15.6 Å². The third kappa shape index (κ3) is 30.3. The van der Waals surface area contributed by atoms with Crippen molar-refractivity contribution >= 4 is 27.6 Å². The van der Waals surface area contributed by atoms with Gasteiger partial charge in [0.15, 0.2) is 6.10 Å². The van der Waals surface area contributed by atoms with E-state index in [4.69, 9.17) is 28.3 Å². The maximum atomic E-state index is 13.0. The molecule has 1 aliphatic carbocycles. The molecular weight excluding hydrogens is 890 g/mol. The molecule has 0 aromatic heterocycles. The summed E-state index contributed by atoms with van der Waals surface area (Å²) in [7, 11) is -10.7. The Balaban J connectivity index is 2.65. The molecule has 0 saturated heterocycles. The molecule has 0 bridgehead atoms. The second-order valence-electron chi connectivity index (χ2n) is 16.8. The van der Waals surface area contributed by atoms with E-state index in [-0.39, 0.29) is 12.8 Å². The van der Waals surface area contributed by atoms with Crippen LogP contribution in [0, 0.1) is 0 Å². The van der Waals surface area contributed by atoms with E-state index in [0.717, 1.165) is 83.5 Å². The highest BCUT2D eigenvalue weighted by molar-refractivity contribution is 7.47. The highest BCUT2D eigenvalue weighted by Gasteiger charge is 2.54.